The maximum atomic E-state index is 12.4. The summed E-state index contributed by atoms with van der Waals surface area (Å²) in [5.41, 5.74) is 0.792. The molecule has 9 heteroatoms. The van der Waals surface area contributed by atoms with E-state index >= 15 is 0 Å². The predicted molar refractivity (Wildman–Crippen MR) is 112 cm³/mol. The van der Waals surface area contributed by atoms with Crippen molar-refractivity contribution in [3.05, 3.63) is 57.0 Å². The Balaban J connectivity index is 2.33. The lowest BCUT2D eigenvalue weighted by Crippen LogP contribution is -2.13. The molecule has 0 radical (unpaired) electrons. The van der Waals surface area contributed by atoms with Gasteiger partial charge in [0.25, 0.3) is 5.91 Å². The molecule has 0 aliphatic rings. The molecule has 2 N–H and O–H groups in total. The normalized spacial score (nSPS) is 10.8. The van der Waals surface area contributed by atoms with E-state index in [1.807, 2.05) is 12.1 Å². The zero-order valence-corrected chi connectivity index (χ0v) is 17.6. The number of carboxylic acid groups (broad SMARTS) is 1. The zero-order chi connectivity index (χ0) is 21.4. The van der Waals surface area contributed by atoms with Crippen molar-refractivity contribution in [2.75, 3.05) is 18.5 Å². The molecule has 0 bridgehead atoms. The first kappa shape index (κ1) is 22.3. The monoisotopic (exact) mass is 478 g/mol. The van der Waals surface area contributed by atoms with Crippen LogP contribution in [-0.4, -0.2) is 30.2 Å². The number of hydrogen-bond acceptors (Lipinski definition) is 5. The quantitative estimate of drug-likeness (QED) is 0.426. The third-order valence-corrected chi connectivity index (χ3v) is 4.20. The average Bonchev–Trinajstić information content (AvgIpc) is 2.65. The Morgan fingerprint density at radius 3 is 2.69 bits per heavy atom. The molecule has 0 aliphatic carbocycles. The molecule has 0 aromatic heterocycles. The second-order valence-electron chi connectivity index (χ2n) is 5.58. The Morgan fingerprint density at radius 1 is 1.31 bits per heavy atom. The number of carboxylic acids is 1. The van der Waals surface area contributed by atoms with E-state index in [0.29, 0.717) is 11.3 Å². The van der Waals surface area contributed by atoms with Gasteiger partial charge in [0.15, 0.2) is 18.1 Å². The number of nitriles is 1. The van der Waals surface area contributed by atoms with Crippen LogP contribution < -0.4 is 14.8 Å². The molecule has 2 aromatic carbocycles. The number of aliphatic carboxylic acids is 1. The maximum absolute atomic E-state index is 12.4. The van der Waals surface area contributed by atoms with E-state index in [9.17, 15) is 14.9 Å². The lowest BCUT2D eigenvalue weighted by Gasteiger charge is -2.13. The van der Waals surface area contributed by atoms with Gasteiger partial charge in [-0.3, -0.25) is 4.79 Å². The average molecular weight is 480 g/mol. The number of nitrogens with zero attached hydrogens (tertiary/aromatic N) is 1. The molecule has 0 aliphatic heterocycles. The minimum absolute atomic E-state index is 0.0742. The van der Waals surface area contributed by atoms with Gasteiger partial charge in [-0.25, -0.2) is 4.79 Å². The highest BCUT2D eigenvalue weighted by Crippen LogP contribution is 2.37. The fraction of sp³-hybridized carbons (Fsp3) is 0.150. The van der Waals surface area contributed by atoms with Gasteiger partial charge in [-0.15, -0.1) is 0 Å². The molecule has 0 saturated heterocycles. The van der Waals surface area contributed by atoms with Crippen LogP contribution in [0.5, 0.6) is 11.5 Å². The van der Waals surface area contributed by atoms with Gasteiger partial charge in [0.2, 0.25) is 0 Å². The van der Waals surface area contributed by atoms with Crippen molar-refractivity contribution in [3.63, 3.8) is 0 Å². The second kappa shape index (κ2) is 10.5. The highest BCUT2D eigenvalue weighted by Gasteiger charge is 2.15. The van der Waals surface area contributed by atoms with Crippen molar-refractivity contribution in [3.8, 4) is 17.6 Å². The van der Waals surface area contributed by atoms with Crippen molar-refractivity contribution in [2.45, 2.75) is 6.92 Å². The number of carbonyl (C=O) groups excluding carboxylic acids is 1. The summed E-state index contributed by atoms with van der Waals surface area (Å²) in [7, 11) is 0. The standard InChI is InChI=1S/C20H16BrClN2O5/c1-2-28-17-8-12(7-16(22)19(17)29-11-18(25)26)6-13(10-23)20(27)24-15-5-3-4-14(21)9-15/h3-9H,2,11H2,1H3,(H,24,27)(H,25,26)/b13-6-. The first-order valence-corrected chi connectivity index (χ1v) is 9.50. The Morgan fingerprint density at radius 2 is 2.07 bits per heavy atom. The highest BCUT2D eigenvalue weighted by atomic mass is 79.9. The summed E-state index contributed by atoms with van der Waals surface area (Å²) in [6.45, 7) is 1.43. The molecule has 7 nitrogen and oxygen atoms in total. The SMILES string of the molecule is CCOc1cc(/C=C(/C#N)C(=O)Nc2cccc(Br)c2)cc(Cl)c1OCC(=O)O. The summed E-state index contributed by atoms with van der Waals surface area (Å²) in [5, 5.41) is 20.9. The van der Waals surface area contributed by atoms with Gasteiger partial charge in [-0.2, -0.15) is 5.26 Å². The maximum Gasteiger partial charge on any atom is 0.341 e. The van der Waals surface area contributed by atoms with Crippen LogP contribution >= 0.6 is 27.5 Å². The van der Waals surface area contributed by atoms with E-state index in [2.05, 4.69) is 21.2 Å². The van der Waals surface area contributed by atoms with Gasteiger partial charge in [0, 0.05) is 10.2 Å². The van der Waals surface area contributed by atoms with Gasteiger partial charge >= 0.3 is 5.97 Å². The number of ether oxygens (including phenoxy) is 2. The molecule has 2 aromatic rings. The molecule has 0 saturated carbocycles. The van der Waals surface area contributed by atoms with Crippen molar-refractivity contribution in [1.29, 1.82) is 5.26 Å². The van der Waals surface area contributed by atoms with Gasteiger partial charge in [0.1, 0.15) is 11.6 Å². The molecule has 0 heterocycles. The van der Waals surface area contributed by atoms with Gasteiger partial charge < -0.3 is 19.9 Å². The van der Waals surface area contributed by atoms with Gasteiger partial charge in [0.05, 0.1) is 11.6 Å². The summed E-state index contributed by atoms with van der Waals surface area (Å²) in [5.74, 6) is -1.48. The molecular weight excluding hydrogens is 464 g/mol. The largest absolute Gasteiger partial charge is 0.490 e. The Kier molecular flexibility index (Phi) is 8.07. The molecule has 0 unspecified atom stereocenters. The number of benzene rings is 2. The van der Waals surface area contributed by atoms with Gasteiger partial charge in [-0.05, 0) is 48.9 Å². The van der Waals surface area contributed by atoms with Crippen LogP contribution in [0.25, 0.3) is 6.08 Å². The Bertz CT molecular complexity index is 1000. The minimum Gasteiger partial charge on any atom is -0.490 e. The van der Waals surface area contributed by atoms with E-state index in [-0.39, 0.29) is 28.7 Å². The topological polar surface area (TPSA) is 109 Å². The predicted octanol–water partition coefficient (Wildman–Crippen LogP) is 4.51. The zero-order valence-electron chi connectivity index (χ0n) is 15.2. The smallest absolute Gasteiger partial charge is 0.341 e. The molecule has 1 amide bonds. The van der Waals surface area contributed by atoms with E-state index in [1.54, 1.807) is 25.1 Å². The summed E-state index contributed by atoms with van der Waals surface area (Å²) in [4.78, 5) is 23.2. The van der Waals surface area contributed by atoms with E-state index in [4.69, 9.17) is 26.2 Å². The van der Waals surface area contributed by atoms with E-state index in [1.165, 1.54) is 18.2 Å². The number of rotatable bonds is 8. The number of amides is 1. The van der Waals surface area contributed by atoms with E-state index < -0.39 is 18.5 Å². The number of anilines is 1. The summed E-state index contributed by atoms with van der Waals surface area (Å²) < 4.78 is 11.4. The number of nitrogens with one attached hydrogen (secondary N) is 1. The lowest BCUT2D eigenvalue weighted by molar-refractivity contribution is -0.139. The minimum atomic E-state index is -1.16. The molecule has 150 valence electrons. The van der Waals surface area contributed by atoms with Crippen LogP contribution in [0.2, 0.25) is 5.02 Å². The Labute approximate surface area is 180 Å². The highest BCUT2D eigenvalue weighted by molar-refractivity contribution is 9.10. The summed E-state index contributed by atoms with van der Waals surface area (Å²) >= 11 is 9.50. The first-order chi connectivity index (χ1) is 13.8. The first-order valence-electron chi connectivity index (χ1n) is 8.33. The number of halogens is 2. The van der Waals surface area contributed by atoms with Crippen LogP contribution in [0.4, 0.5) is 5.69 Å². The van der Waals surface area contributed by atoms with Gasteiger partial charge in [-0.1, -0.05) is 33.6 Å². The fourth-order valence-corrected chi connectivity index (χ4v) is 2.96. The van der Waals surface area contributed by atoms with Crippen molar-refractivity contribution < 1.29 is 24.2 Å². The molecule has 0 fully saturated rings. The van der Waals surface area contributed by atoms with Crippen molar-refractivity contribution in [1.82, 2.24) is 0 Å². The third kappa shape index (κ3) is 6.52. The van der Waals surface area contributed by atoms with E-state index in [0.717, 1.165) is 4.47 Å². The molecular formula is C20H16BrClN2O5. The number of hydrogen-bond donors (Lipinski definition) is 2. The molecule has 2 rings (SSSR count). The second-order valence-corrected chi connectivity index (χ2v) is 6.90. The van der Waals surface area contributed by atoms with Crippen molar-refractivity contribution in [2.24, 2.45) is 0 Å². The lowest BCUT2D eigenvalue weighted by atomic mass is 10.1. The van der Waals surface area contributed by atoms with Crippen molar-refractivity contribution >= 4 is 51.2 Å². The Hall–Kier alpha value is -3.02. The molecule has 0 atom stereocenters. The molecule has 0 spiro atoms. The van der Waals surface area contributed by atoms with Crippen LogP contribution in [-0.2, 0) is 9.59 Å². The van der Waals surface area contributed by atoms with Crippen LogP contribution in [0.3, 0.4) is 0 Å². The van der Waals surface area contributed by atoms with Crippen LogP contribution in [0.1, 0.15) is 12.5 Å². The number of carbonyl (C=O) groups is 2. The molecule has 29 heavy (non-hydrogen) atoms. The van der Waals surface area contributed by atoms with Crippen LogP contribution in [0, 0.1) is 11.3 Å². The fourth-order valence-electron chi connectivity index (χ4n) is 2.29. The summed E-state index contributed by atoms with van der Waals surface area (Å²) in [6, 6.07) is 11.8. The summed E-state index contributed by atoms with van der Waals surface area (Å²) in [6.07, 6.45) is 1.35. The third-order valence-electron chi connectivity index (χ3n) is 3.43. The van der Waals surface area contributed by atoms with Crippen LogP contribution in [0.15, 0.2) is 46.4 Å².